The van der Waals surface area contributed by atoms with Gasteiger partial charge in [0.05, 0.1) is 11.9 Å². The van der Waals surface area contributed by atoms with Crippen molar-refractivity contribution in [1.29, 1.82) is 0 Å². The van der Waals surface area contributed by atoms with Crippen LogP contribution < -0.4 is 4.90 Å². The van der Waals surface area contributed by atoms with Crippen LogP contribution in [0.4, 0.5) is 5.82 Å². The normalized spacial score (nSPS) is 21.6. The van der Waals surface area contributed by atoms with E-state index in [2.05, 4.69) is 42.5 Å². The molecular formula is C20H31N5S. The van der Waals surface area contributed by atoms with Crippen molar-refractivity contribution in [3.05, 3.63) is 16.3 Å². The molecule has 142 valence electrons. The van der Waals surface area contributed by atoms with Gasteiger partial charge in [0.15, 0.2) is 0 Å². The number of fused-ring (bicyclic) bond motifs is 1. The van der Waals surface area contributed by atoms with Crippen LogP contribution in [0, 0.1) is 13.8 Å². The average molecular weight is 374 g/mol. The zero-order valence-electron chi connectivity index (χ0n) is 16.6. The third-order valence-corrected chi connectivity index (χ3v) is 7.31. The quantitative estimate of drug-likeness (QED) is 0.802. The van der Waals surface area contributed by atoms with Crippen LogP contribution in [0.5, 0.6) is 0 Å². The summed E-state index contributed by atoms with van der Waals surface area (Å²) >= 11 is 1.83. The van der Waals surface area contributed by atoms with Crippen molar-refractivity contribution in [2.24, 2.45) is 0 Å². The molecule has 4 heterocycles. The maximum atomic E-state index is 5.10. The summed E-state index contributed by atoms with van der Waals surface area (Å²) in [5.41, 5.74) is 1.36. The van der Waals surface area contributed by atoms with Crippen molar-refractivity contribution < 1.29 is 0 Å². The number of hydrogen-bond donors (Lipinski definition) is 0. The maximum absolute atomic E-state index is 5.10. The highest BCUT2D eigenvalue weighted by Crippen LogP contribution is 2.36. The predicted molar refractivity (Wildman–Crippen MR) is 110 cm³/mol. The van der Waals surface area contributed by atoms with E-state index in [1.807, 2.05) is 11.3 Å². The Bertz CT molecular complexity index is 780. The Morgan fingerprint density at radius 3 is 2.65 bits per heavy atom. The smallest absolute Gasteiger partial charge is 0.146 e. The first kappa shape index (κ1) is 18.1. The van der Waals surface area contributed by atoms with Crippen LogP contribution in [-0.4, -0.2) is 65.6 Å². The largest absolute Gasteiger partial charge is 0.354 e. The third kappa shape index (κ3) is 3.35. The van der Waals surface area contributed by atoms with Gasteiger partial charge in [-0.25, -0.2) is 9.97 Å². The van der Waals surface area contributed by atoms with E-state index in [4.69, 9.17) is 9.97 Å². The number of thiophene rings is 1. The summed E-state index contributed by atoms with van der Waals surface area (Å²) in [6, 6.07) is 0.632. The van der Waals surface area contributed by atoms with Crippen molar-refractivity contribution in [3.63, 3.8) is 0 Å². The lowest BCUT2D eigenvalue weighted by Gasteiger charge is -2.24. The van der Waals surface area contributed by atoms with Gasteiger partial charge in [-0.05, 0) is 65.4 Å². The molecule has 4 rings (SSSR count). The van der Waals surface area contributed by atoms with E-state index in [0.29, 0.717) is 6.04 Å². The van der Waals surface area contributed by atoms with E-state index >= 15 is 0 Å². The van der Waals surface area contributed by atoms with Gasteiger partial charge in [-0.2, -0.15) is 0 Å². The Kier molecular flexibility index (Phi) is 5.17. The summed E-state index contributed by atoms with van der Waals surface area (Å²) in [6.45, 7) is 13.2. The highest BCUT2D eigenvalue weighted by atomic mass is 32.1. The Hall–Kier alpha value is -1.24. The molecule has 0 N–H and O–H groups in total. The Balaban J connectivity index is 1.69. The number of nitrogens with zero attached hydrogens (tertiary/aromatic N) is 5. The van der Waals surface area contributed by atoms with Crippen LogP contribution in [0.3, 0.4) is 0 Å². The van der Waals surface area contributed by atoms with E-state index in [1.54, 1.807) is 0 Å². The first-order chi connectivity index (χ1) is 12.6. The lowest BCUT2D eigenvalue weighted by molar-refractivity contribution is 0.272. The van der Waals surface area contributed by atoms with Gasteiger partial charge < -0.3 is 9.80 Å². The molecule has 6 heteroatoms. The van der Waals surface area contributed by atoms with E-state index in [9.17, 15) is 0 Å². The fraction of sp³-hybridized carbons (Fsp3) is 0.700. The SMILES string of the molecule is CCN(C)C1CCN(c2nc(CN3CCCC3)nc3sc(C)c(C)c23)C1. The fourth-order valence-electron chi connectivity index (χ4n) is 4.26. The number of aromatic nitrogens is 2. The van der Waals surface area contributed by atoms with E-state index < -0.39 is 0 Å². The molecule has 0 spiro atoms. The molecule has 2 aliphatic heterocycles. The number of aryl methyl sites for hydroxylation is 2. The third-order valence-electron chi connectivity index (χ3n) is 6.20. The highest BCUT2D eigenvalue weighted by molar-refractivity contribution is 7.18. The number of rotatable bonds is 5. The highest BCUT2D eigenvalue weighted by Gasteiger charge is 2.29. The topological polar surface area (TPSA) is 35.5 Å². The van der Waals surface area contributed by atoms with Gasteiger partial charge in [0.25, 0.3) is 0 Å². The molecule has 1 atom stereocenters. The number of likely N-dealkylation sites (tertiary alicyclic amines) is 1. The van der Waals surface area contributed by atoms with Gasteiger partial charge in [0.1, 0.15) is 16.5 Å². The van der Waals surface area contributed by atoms with Crippen LogP contribution in [0.25, 0.3) is 10.2 Å². The predicted octanol–water partition coefficient (Wildman–Crippen LogP) is 3.43. The molecule has 5 nitrogen and oxygen atoms in total. The van der Waals surface area contributed by atoms with Crippen molar-refractivity contribution >= 4 is 27.4 Å². The van der Waals surface area contributed by atoms with E-state index in [1.165, 1.54) is 58.8 Å². The molecule has 0 bridgehead atoms. The first-order valence-electron chi connectivity index (χ1n) is 10.0. The minimum absolute atomic E-state index is 0.632. The summed E-state index contributed by atoms with van der Waals surface area (Å²) in [5.74, 6) is 2.18. The van der Waals surface area contributed by atoms with Crippen LogP contribution in [0.15, 0.2) is 0 Å². The lowest BCUT2D eigenvalue weighted by atomic mass is 10.2. The molecule has 2 aromatic rings. The van der Waals surface area contributed by atoms with Crippen LogP contribution in [-0.2, 0) is 6.54 Å². The molecule has 0 saturated carbocycles. The van der Waals surface area contributed by atoms with Crippen LogP contribution >= 0.6 is 11.3 Å². The molecule has 0 aliphatic carbocycles. The Labute approximate surface area is 161 Å². The van der Waals surface area contributed by atoms with E-state index in [-0.39, 0.29) is 0 Å². The van der Waals surface area contributed by atoms with Gasteiger partial charge in [-0.3, -0.25) is 4.90 Å². The van der Waals surface area contributed by atoms with Gasteiger partial charge >= 0.3 is 0 Å². The minimum atomic E-state index is 0.632. The monoisotopic (exact) mass is 373 g/mol. The Morgan fingerprint density at radius 1 is 1.15 bits per heavy atom. The van der Waals surface area contributed by atoms with Gasteiger partial charge in [0.2, 0.25) is 0 Å². The molecule has 26 heavy (non-hydrogen) atoms. The second-order valence-electron chi connectivity index (χ2n) is 7.87. The summed E-state index contributed by atoms with van der Waals surface area (Å²) in [5, 5.41) is 1.29. The van der Waals surface area contributed by atoms with E-state index in [0.717, 1.165) is 32.0 Å². The first-order valence-corrected chi connectivity index (χ1v) is 10.8. The zero-order chi connectivity index (χ0) is 18.3. The standard InChI is InChI=1S/C20H31N5S/c1-5-23(4)16-8-11-25(12-16)19-18-14(2)15(3)26-20(18)22-17(21-19)13-24-9-6-7-10-24/h16H,5-13H2,1-4H3. The van der Waals surface area contributed by atoms with Crippen LogP contribution in [0.2, 0.25) is 0 Å². The molecule has 2 fully saturated rings. The number of anilines is 1. The Morgan fingerprint density at radius 2 is 1.92 bits per heavy atom. The van der Waals surface area contributed by atoms with Crippen molar-refractivity contribution in [3.8, 4) is 0 Å². The van der Waals surface area contributed by atoms with Gasteiger partial charge in [-0.15, -0.1) is 11.3 Å². The second-order valence-corrected chi connectivity index (χ2v) is 9.08. The van der Waals surface area contributed by atoms with Crippen molar-refractivity contribution in [2.45, 2.75) is 52.6 Å². The number of hydrogen-bond acceptors (Lipinski definition) is 6. The molecule has 1 unspecified atom stereocenters. The molecule has 0 radical (unpaired) electrons. The van der Waals surface area contributed by atoms with Gasteiger partial charge in [0, 0.05) is 24.0 Å². The summed E-state index contributed by atoms with van der Waals surface area (Å²) in [6.07, 6.45) is 3.84. The molecule has 2 aliphatic rings. The van der Waals surface area contributed by atoms with Crippen molar-refractivity contribution in [2.75, 3.05) is 44.7 Å². The van der Waals surface area contributed by atoms with Crippen LogP contribution in [0.1, 0.15) is 42.5 Å². The molecule has 2 aromatic heterocycles. The maximum Gasteiger partial charge on any atom is 0.146 e. The second kappa shape index (κ2) is 7.41. The molecule has 0 amide bonds. The average Bonchev–Trinajstić information content (AvgIpc) is 3.36. The zero-order valence-corrected chi connectivity index (χ0v) is 17.4. The molecule has 0 aromatic carbocycles. The fourth-order valence-corrected chi connectivity index (χ4v) is 5.31. The minimum Gasteiger partial charge on any atom is -0.354 e. The molecule has 2 saturated heterocycles. The summed E-state index contributed by atoms with van der Waals surface area (Å²) < 4.78 is 0. The van der Waals surface area contributed by atoms with Gasteiger partial charge in [-0.1, -0.05) is 6.92 Å². The lowest BCUT2D eigenvalue weighted by Crippen LogP contribution is -2.34. The number of likely N-dealkylation sites (N-methyl/N-ethyl adjacent to an activating group) is 1. The van der Waals surface area contributed by atoms with Crippen molar-refractivity contribution in [1.82, 2.24) is 19.8 Å². The summed E-state index contributed by atoms with van der Waals surface area (Å²) in [4.78, 5) is 20.1. The molecular weight excluding hydrogens is 342 g/mol. The summed E-state index contributed by atoms with van der Waals surface area (Å²) in [7, 11) is 2.24.